The number of pyridine rings is 1. The average molecular weight is 550 g/mol. The van der Waals surface area contributed by atoms with Gasteiger partial charge in [-0.1, -0.05) is 29.8 Å². The number of fused-ring (bicyclic) bond motifs is 1. The molecule has 0 radical (unpaired) electrons. The van der Waals surface area contributed by atoms with Crippen LogP contribution in [-0.4, -0.2) is 34.5 Å². The molecule has 11 heteroatoms. The van der Waals surface area contributed by atoms with E-state index in [0.29, 0.717) is 43.5 Å². The van der Waals surface area contributed by atoms with E-state index in [1.165, 1.54) is 22.4 Å². The number of para-hydroxylation sites is 1. The van der Waals surface area contributed by atoms with E-state index < -0.39 is 35.4 Å². The number of amides is 2. The maximum atomic E-state index is 14.5. The summed E-state index contributed by atoms with van der Waals surface area (Å²) in [5.74, 6) is -1.79. The van der Waals surface area contributed by atoms with Gasteiger partial charge in [0.25, 0.3) is 18.2 Å². The van der Waals surface area contributed by atoms with Crippen LogP contribution >= 0.6 is 22.9 Å². The first-order valence-corrected chi connectivity index (χ1v) is 13.1. The summed E-state index contributed by atoms with van der Waals surface area (Å²) in [4.78, 5) is 31.2. The van der Waals surface area contributed by atoms with Gasteiger partial charge in [0.15, 0.2) is 0 Å². The van der Waals surface area contributed by atoms with Crippen LogP contribution in [0.25, 0.3) is 0 Å². The molecule has 194 valence electrons. The molecule has 1 aliphatic heterocycles. The van der Waals surface area contributed by atoms with Gasteiger partial charge in [0, 0.05) is 24.3 Å². The van der Waals surface area contributed by atoms with Crippen molar-refractivity contribution in [2.45, 2.75) is 43.8 Å². The van der Waals surface area contributed by atoms with Gasteiger partial charge in [-0.25, -0.2) is 13.2 Å². The Morgan fingerprint density at radius 3 is 2.65 bits per heavy atom. The molecule has 3 heterocycles. The molecule has 2 aromatic heterocycles. The van der Waals surface area contributed by atoms with Gasteiger partial charge in [0.2, 0.25) is 5.60 Å². The molecule has 1 unspecified atom stereocenters. The summed E-state index contributed by atoms with van der Waals surface area (Å²) in [6.07, 6.45) is 0.674. The van der Waals surface area contributed by atoms with Crippen molar-refractivity contribution in [3.63, 3.8) is 0 Å². The molecule has 1 saturated carbocycles. The predicted molar refractivity (Wildman–Crippen MR) is 133 cm³/mol. The summed E-state index contributed by atoms with van der Waals surface area (Å²) >= 11 is 6.86. The normalized spacial score (nSPS) is 23.4. The lowest BCUT2D eigenvalue weighted by Crippen LogP contribution is -2.44. The van der Waals surface area contributed by atoms with E-state index in [4.69, 9.17) is 11.6 Å². The van der Waals surface area contributed by atoms with Crippen LogP contribution < -0.4 is 10.2 Å². The summed E-state index contributed by atoms with van der Waals surface area (Å²) < 4.78 is 41.0. The molecule has 0 saturated heterocycles. The first-order valence-electron chi connectivity index (χ1n) is 11.8. The maximum absolute atomic E-state index is 14.5. The molecule has 2 N–H and O–H groups in total. The molecule has 2 amide bonds. The Balaban J connectivity index is 1.26. The second-order valence-corrected chi connectivity index (χ2v) is 10.7. The number of hydrogen-bond acceptors (Lipinski definition) is 5. The molecule has 1 aliphatic carbocycles. The van der Waals surface area contributed by atoms with Crippen molar-refractivity contribution in [1.29, 1.82) is 0 Å². The molecule has 5 rings (SSSR count). The fourth-order valence-corrected chi connectivity index (χ4v) is 6.23. The number of thiophene rings is 1. The van der Waals surface area contributed by atoms with Gasteiger partial charge in [-0.05, 0) is 55.2 Å². The number of carbonyl (C=O) groups is 2. The van der Waals surface area contributed by atoms with E-state index in [2.05, 4.69) is 10.3 Å². The Bertz CT molecular complexity index is 1350. The molecular weight excluding hydrogens is 527 g/mol. The van der Waals surface area contributed by atoms with Gasteiger partial charge in [-0.2, -0.15) is 0 Å². The largest absolute Gasteiger partial charge is 0.371 e. The van der Waals surface area contributed by atoms with Crippen molar-refractivity contribution in [2.24, 2.45) is 5.92 Å². The summed E-state index contributed by atoms with van der Waals surface area (Å²) in [6.45, 7) is 0.333. The van der Waals surface area contributed by atoms with Crippen molar-refractivity contribution in [3.8, 4) is 0 Å². The zero-order chi connectivity index (χ0) is 26.3. The number of nitrogens with zero attached hydrogens (tertiary/aromatic N) is 2. The molecule has 37 heavy (non-hydrogen) atoms. The summed E-state index contributed by atoms with van der Waals surface area (Å²) in [7, 11) is 0. The maximum Gasteiger partial charge on any atom is 0.281 e. The average Bonchev–Trinajstić information content (AvgIpc) is 3.41. The van der Waals surface area contributed by atoms with Crippen LogP contribution in [0.4, 0.5) is 18.9 Å². The van der Waals surface area contributed by atoms with E-state index in [1.54, 1.807) is 24.3 Å². The SMILES string of the molecule is O=C(N[C@H]1CC[C@H](CN2C(=O)C(O)(c3sccc3F)c3ccccc32)CC1)c1cc(Cl)cnc1C(F)F. The number of hydrogen-bond donors (Lipinski definition) is 2. The van der Waals surface area contributed by atoms with E-state index in [1.807, 2.05) is 0 Å². The van der Waals surface area contributed by atoms with E-state index in [0.717, 1.165) is 17.5 Å². The number of carbonyl (C=O) groups excluding carboxylic acids is 2. The highest BCUT2D eigenvalue weighted by molar-refractivity contribution is 7.10. The molecule has 0 spiro atoms. The van der Waals surface area contributed by atoms with Gasteiger partial charge in [0.1, 0.15) is 11.5 Å². The van der Waals surface area contributed by atoms with Crippen LogP contribution in [0, 0.1) is 11.7 Å². The Labute approximate surface area is 220 Å². The van der Waals surface area contributed by atoms with Crippen molar-refractivity contribution in [1.82, 2.24) is 10.3 Å². The standard InChI is InChI=1S/C26H23ClF3N3O3S/c27-15-11-17(21(23(29)30)31-12-15)24(34)32-16-7-5-14(6-8-16)13-33-20-4-2-1-3-18(20)26(36,25(33)35)22-19(28)9-10-37-22/h1-4,9-12,14,16,23,36H,5-8,13H2,(H,32,34)/t14-,16-,26?. The molecule has 1 atom stereocenters. The highest BCUT2D eigenvalue weighted by Crippen LogP contribution is 2.47. The molecule has 1 fully saturated rings. The third kappa shape index (κ3) is 4.62. The lowest BCUT2D eigenvalue weighted by atomic mass is 9.85. The molecule has 0 bridgehead atoms. The summed E-state index contributed by atoms with van der Waals surface area (Å²) in [5.41, 5.74) is -2.04. The molecular formula is C26H23ClF3N3O3S. The number of anilines is 1. The Hall–Kier alpha value is -2.95. The fraction of sp³-hybridized carbons (Fsp3) is 0.346. The van der Waals surface area contributed by atoms with Gasteiger partial charge in [-0.3, -0.25) is 14.6 Å². The lowest BCUT2D eigenvalue weighted by molar-refractivity contribution is -0.132. The lowest BCUT2D eigenvalue weighted by Gasteiger charge is -2.32. The Morgan fingerprint density at radius 2 is 1.97 bits per heavy atom. The number of rotatable bonds is 6. The first kappa shape index (κ1) is 25.7. The number of benzene rings is 1. The number of aliphatic hydroxyl groups is 1. The summed E-state index contributed by atoms with van der Waals surface area (Å²) in [5, 5.41) is 15.8. The number of aromatic nitrogens is 1. The Kier molecular flexibility index (Phi) is 6.99. The van der Waals surface area contributed by atoms with Crippen molar-refractivity contribution in [3.05, 3.63) is 80.5 Å². The minimum Gasteiger partial charge on any atom is -0.371 e. The van der Waals surface area contributed by atoms with Crippen LogP contribution in [0.2, 0.25) is 5.02 Å². The second-order valence-electron chi connectivity index (χ2n) is 9.32. The van der Waals surface area contributed by atoms with Gasteiger partial charge in [-0.15, -0.1) is 11.3 Å². The number of alkyl halides is 2. The molecule has 2 aliphatic rings. The monoisotopic (exact) mass is 549 g/mol. The van der Waals surface area contributed by atoms with E-state index >= 15 is 0 Å². The van der Waals surface area contributed by atoms with E-state index in [9.17, 15) is 27.9 Å². The molecule has 1 aromatic carbocycles. The molecule has 6 nitrogen and oxygen atoms in total. The topological polar surface area (TPSA) is 82.5 Å². The fourth-order valence-electron chi connectivity index (χ4n) is 5.20. The quantitative estimate of drug-likeness (QED) is 0.429. The Morgan fingerprint density at radius 1 is 1.24 bits per heavy atom. The smallest absolute Gasteiger partial charge is 0.281 e. The van der Waals surface area contributed by atoms with Crippen LogP contribution in [-0.2, 0) is 10.4 Å². The highest BCUT2D eigenvalue weighted by atomic mass is 35.5. The third-order valence-corrected chi connectivity index (χ3v) is 8.25. The number of halogens is 4. The van der Waals surface area contributed by atoms with Crippen LogP contribution in [0.15, 0.2) is 48.0 Å². The number of nitrogens with one attached hydrogen (secondary N) is 1. The van der Waals surface area contributed by atoms with Gasteiger partial charge in [0.05, 0.1) is 21.2 Å². The zero-order valence-corrected chi connectivity index (χ0v) is 21.0. The van der Waals surface area contributed by atoms with Gasteiger partial charge >= 0.3 is 0 Å². The van der Waals surface area contributed by atoms with Crippen molar-refractivity contribution < 1.29 is 27.9 Å². The van der Waals surface area contributed by atoms with Crippen LogP contribution in [0.1, 0.15) is 58.6 Å². The minimum absolute atomic E-state index is 0.0301. The van der Waals surface area contributed by atoms with Gasteiger partial charge < -0.3 is 15.3 Å². The second kappa shape index (κ2) is 10.1. The van der Waals surface area contributed by atoms with E-state index in [-0.39, 0.29) is 27.4 Å². The van der Waals surface area contributed by atoms with Crippen LogP contribution in [0.5, 0.6) is 0 Å². The van der Waals surface area contributed by atoms with Crippen LogP contribution in [0.3, 0.4) is 0 Å². The predicted octanol–water partition coefficient (Wildman–Crippen LogP) is 5.44. The first-order chi connectivity index (χ1) is 17.7. The minimum atomic E-state index is -2.91. The third-order valence-electron chi connectivity index (χ3n) is 7.04. The zero-order valence-electron chi connectivity index (χ0n) is 19.5. The summed E-state index contributed by atoms with van der Waals surface area (Å²) in [6, 6.07) is 9.03. The van der Waals surface area contributed by atoms with Crippen molar-refractivity contribution in [2.75, 3.05) is 11.4 Å². The van der Waals surface area contributed by atoms with Crippen molar-refractivity contribution >= 4 is 40.4 Å². The molecule has 3 aromatic rings. The highest BCUT2D eigenvalue weighted by Gasteiger charge is 2.53.